The number of carbonyl (C=O) groups is 2. The van der Waals surface area contributed by atoms with Crippen LogP contribution in [-0.4, -0.2) is 16.5 Å². The first-order chi connectivity index (χ1) is 12.5. The molecule has 0 saturated carbocycles. The molecule has 130 valence electrons. The molecule has 2 N–H and O–H groups in total. The Kier molecular flexibility index (Phi) is 3.57. The highest BCUT2D eigenvalue weighted by Gasteiger charge is 2.48. The van der Waals surface area contributed by atoms with E-state index in [2.05, 4.69) is 10.6 Å². The molecule has 2 aromatic carbocycles. The lowest BCUT2D eigenvalue weighted by Gasteiger charge is -2.27. The molecule has 1 aromatic heterocycles. The number of fused-ring (bicyclic) bond motifs is 1. The van der Waals surface area contributed by atoms with E-state index in [0.717, 1.165) is 21.4 Å². The molecule has 1 atom stereocenters. The standard InChI is InChI=1S/C19H14FN3O3/c20-15-6-3-9-23(16(15)24)11-19(17(25)21-18(26)22-19)14-8-7-12-4-1-2-5-13(12)10-14/h1-10H,11H2,(H2,21,22,25,26). The van der Waals surface area contributed by atoms with Crippen LogP contribution in [0.3, 0.4) is 0 Å². The van der Waals surface area contributed by atoms with Gasteiger partial charge >= 0.3 is 6.03 Å². The van der Waals surface area contributed by atoms with Gasteiger partial charge in [0.05, 0.1) is 6.54 Å². The second-order valence-corrected chi connectivity index (χ2v) is 6.16. The maximum atomic E-state index is 13.6. The lowest BCUT2D eigenvalue weighted by Crippen LogP contribution is -2.49. The van der Waals surface area contributed by atoms with Gasteiger partial charge in [-0.3, -0.25) is 14.9 Å². The molecular formula is C19H14FN3O3. The lowest BCUT2D eigenvalue weighted by molar-refractivity contribution is -0.124. The molecule has 4 rings (SSSR count). The number of pyridine rings is 1. The monoisotopic (exact) mass is 351 g/mol. The van der Waals surface area contributed by atoms with Crippen LogP contribution in [0.2, 0.25) is 0 Å². The SMILES string of the molecule is O=C1NC(=O)C(Cn2cccc(F)c2=O)(c2ccc3ccccc3c2)N1. The number of amides is 3. The fourth-order valence-corrected chi connectivity index (χ4v) is 3.24. The van der Waals surface area contributed by atoms with E-state index in [1.165, 1.54) is 12.3 Å². The zero-order chi connectivity index (χ0) is 18.3. The maximum Gasteiger partial charge on any atom is 0.322 e. The third kappa shape index (κ3) is 2.45. The van der Waals surface area contributed by atoms with Gasteiger partial charge in [0.15, 0.2) is 11.4 Å². The number of benzene rings is 2. The number of nitrogens with zero attached hydrogens (tertiary/aromatic N) is 1. The van der Waals surface area contributed by atoms with Crippen molar-refractivity contribution >= 4 is 22.7 Å². The van der Waals surface area contributed by atoms with Crippen molar-refractivity contribution in [1.82, 2.24) is 15.2 Å². The molecule has 3 aromatic rings. The third-order valence-electron chi connectivity index (χ3n) is 4.57. The van der Waals surface area contributed by atoms with Crippen LogP contribution >= 0.6 is 0 Å². The highest BCUT2D eigenvalue weighted by molar-refractivity contribution is 6.07. The largest absolute Gasteiger partial charge is 0.322 e. The van der Waals surface area contributed by atoms with E-state index < -0.39 is 28.9 Å². The smallest absolute Gasteiger partial charge is 0.318 e. The van der Waals surface area contributed by atoms with E-state index >= 15 is 0 Å². The Balaban J connectivity index is 1.89. The fourth-order valence-electron chi connectivity index (χ4n) is 3.24. The van der Waals surface area contributed by atoms with Crippen LogP contribution in [0.4, 0.5) is 9.18 Å². The van der Waals surface area contributed by atoms with Crippen LogP contribution in [0.5, 0.6) is 0 Å². The van der Waals surface area contributed by atoms with E-state index in [1.807, 2.05) is 30.3 Å². The van der Waals surface area contributed by atoms with Crippen molar-refractivity contribution in [2.75, 3.05) is 0 Å². The second kappa shape index (κ2) is 5.80. The molecule has 7 heteroatoms. The summed E-state index contributed by atoms with van der Waals surface area (Å²) in [5.74, 6) is -1.51. The summed E-state index contributed by atoms with van der Waals surface area (Å²) in [6.07, 6.45) is 1.38. The minimum absolute atomic E-state index is 0.223. The first-order valence-corrected chi connectivity index (χ1v) is 7.97. The van der Waals surface area contributed by atoms with Crippen molar-refractivity contribution in [3.05, 3.63) is 82.5 Å². The molecule has 1 unspecified atom stereocenters. The molecule has 2 heterocycles. The molecule has 0 radical (unpaired) electrons. The number of rotatable bonds is 3. The first kappa shape index (κ1) is 16.0. The molecule has 0 spiro atoms. The average molecular weight is 351 g/mol. The molecule has 0 bridgehead atoms. The number of halogens is 1. The Labute approximate surface area is 147 Å². The van der Waals surface area contributed by atoms with Gasteiger partial charge in [0.2, 0.25) is 0 Å². The van der Waals surface area contributed by atoms with Gasteiger partial charge in [0.1, 0.15) is 0 Å². The van der Waals surface area contributed by atoms with Crippen molar-refractivity contribution in [2.24, 2.45) is 0 Å². The molecular weight excluding hydrogens is 337 g/mol. The summed E-state index contributed by atoms with van der Waals surface area (Å²) in [5, 5.41) is 6.67. The van der Waals surface area contributed by atoms with E-state index in [1.54, 1.807) is 12.1 Å². The Bertz CT molecular complexity index is 1110. The lowest BCUT2D eigenvalue weighted by atomic mass is 9.88. The van der Waals surface area contributed by atoms with Gasteiger partial charge in [0.25, 0.3) is 11.5 Å². The highest BCUT2D eigenvalue weighted by atomic mass is 19.1. The number of aromatic nitrogens is 1. The number of nitrogens with one attached hydrogen (secondary N) is 2. The molecule has 1 fully saturated rings. The van der Waals surface area contributed by atoms with E-state index in [9.17, 15) is 18.8 Å². The predicted octanol–water partition coefficient (Wildman–Crippen LogP) is 1.88. The molecule has 0 aliphatic carbocycles. The summed E-state index contributed by atoms with van der Waals surface area (Å²) in [6.45, 7) is -0.223. The van der Waals surface area contributed by atoms with Gasteiger partial charge < -0.3 is 9.88 Å². The van der Waals surface area contributed by atoms with Gasteiger partial charge in [-0.05, 0) is 34.5 Å². The number of urea groups is 1. The van der Waals surface area contributed by atoms with Crippen LogP contribution in [0.1, 0.15) is 5.56 Å². The average Bonchev–Trinajstić information content (AvgIpc) is 2.93. The zero-order valence-electron chi connectivity index (χ0n) is 13.5. The van der Waals surface area contributed by atoms with Crippen LogP contribution < -0.4 is 16.2 Å². The summed E-state index contributed by atoms with van der Waals surface area (Å²) < 4.78 is 14.7. The van der Waals surface area contributed by atoms with Crippen molar-refractivity contribution in [2.45, 2.75) is 12.1 Å². The Morgan fingerprint density at radius 3 is 2.46 bits per heavy atom. The molecule has 1 aliphatic heterocycles. The topological polar surface area (TPSA) is 80.2 Å². The highest BCUT2D eigenvalue weighted by Crippen LogP contribution is 2.29. The zero-order valence-corrected chi connectivity index (χ0v) is 13.5. The first-order valence-electron chi connectivity index (χ1n) is 7.97. The van der Waals surface area contributed by atoms with Crippen LogP contribution in [0.15, 0.2) is 65.6 Å². The molecule has 3 amide bonds. The van der Waals surface area contributed by atoms with Crippen LogP contribution in [0, 0.1) is 5.82 Å². The molecule has 1 aliphatic rings. The van der Waals surface area contributed by atoms with Gasteiger partial charge in [-0.15, -0.1) is 0 Å². The van der Waals surface area contributed by atoms with E-state index in [4.69, 9.17) is 0 Å². The van der Waals surface area contributed by atoms with Gasteiger partial charge in [-0.1, -0.05) is 36.4 Å². The van der Waals surface area contributed by atoms with Crippen molar-refractivity contribution in [3.63, 3.8) is 0 Å². The quantitative estimate of drug-likeness (QED) is 0.707. The summed E-state index contributed by atoms with van der Waals surface area (Å²) in [7, 11) is 0. The number of carbonyl (C=O) groups excluding carboxylic acids is 2. The van der Waals surface area contributed by atoms with Gasteiger partial charge in [-0.25, -0.2) is 9.18 Å². The second-order valence-electron chi connectivity index (χ2n) is 6.16. The Hall–Kier alpha value is -3.48. The number of hydrogen-bond donors (Lipinski definition) is 2. The molecule has 6 nitrogen and oxygen atoms in total. The van der Waals surface area contributed by atoms with E-state index in [-0.39, 0.29) is 6.54 Å². The normalized spacial score (nSPS) is 19.4. The maximum absolute atomic E-state index is 13.6. The minimum Gasteiger partial charge on any atom is -0.318 e. The minimum atomic E-state index is -1.50. The third-order valence-corrected chi connectivity index (χ3v) is 4.57. The summed E-state index contributed by atoms with van der Waals surface area (Å²) in [6, 6.07) is 14.7. The van der Waals surface area contributed by atoms with Gasteiger partial charge in [0, 0.05) is 6.20 Å². The summed E-state index contributed by atoms with van der Waals surface area (Å²) >= 11 is 0. The fraction of sp³-hybridized carbons (Fsp3) is 0.105. The number of imide groups is 1. The summed E-state index contributed by atoms with van der Waals surface area (Å²) in [4.78, 5) is 36.6. The van der Waals surface area contributed by atoms with Crippen LogP contribution in [0.25, 0.3) is 10.8 Å². The van der Waals surface area contributed by atoms with Crippen molar-refractivity contribution in [3.8, 4) is 0 Å². The number of hydrogen-bond acceptors (Lipinski definition) is 3. The predicted molar refractivity (Wildman–Crippen MR) is 93.0 cm³/mol. The molecule has 1 saturated heterocycles. The Morgan fingerprint density at radius 1 is 0.962 bits per heavy atom. The van der Waals surface area contributed by atoms with E-state index in [0.29, 0.717) is 5.56 Å². The van der Waals surface area contributed by atoms with Crippen molar-refractivity contribution < 1.29 is 14.0 Å². The van der Waals surface area contributed by atoms with Crippen molar-refractivity contribution in [1.29, 1.82) is 0 Å². The van der Waals surface area contributed by atoms with Crippen LogP contribution in [-0.2, 0) is 16.9 Å². The molecule has 26 heavy (non-hydrogen) atoms. The summed E-state index contributed by atoms with van der Waals surface area (Å²) in [5.41, 5.74) is -1.85. The van der Waals surface area contributed by atoms with Gasteiger partial charge in [-0.2, -0.15) is 0 Å². The Morgan fingerprint density at radius 2 is 1.73 bits per heavy atom.